The Morgan fingerprint density at radius 2 is 2.00 bits per heavy atom. The maximum Gasteiger partial charge on any atom is 0.0410 e. The van der Waals surface area contributed by atoms with Crippen molar-refractivity contribution in [1.82, 2.24) is 5.32 Å². The molecule has 0 saturated carbocycles. The number of benzene rings is 1. The number of thioether (sulfide) groups is 1. The summed E-state index contributed by atoms with van der Waals surface area (Å²) in [7, 11) is 0. The van der Waals surface area contributed by atoms with Gasteiger partial charge in [0, 0.05) is 16.0 Å². The van der Waals surface area contributed by atoms with Gasteiger partial charge in [-0.25, -0.2) is 0 Å². The smallest absolute Gasteiger partial charge is 0.0410 e. The summed E-state index contributed by atoms with van der Waals surface area (Å²) < 4.78 is 0. The maximum atomic E-state index is 6.14. The first-order valence-electron chi connectivity index (χ1n) is 7.97. The summed E-state index contributed by atoms with van der Waals surface area (Å²) in [4.78, 5) is 1.40. The third kappa shape index (κ3) is 4.98. The normalized spacial score (nSPS) is 18.0. The molecule has 0 amide bonds. The van der Waals surface area contributed by atoms with E-state index in [9.17, 15) is 0 Å². The molecule has 1 nitrogen and oxygen atoms in total. The first kappa shape index (κ1) is 16.2. The number of rotatable bonds is 8. The highest BCUT2D eigenvalue weighted by atomic mass is 35.5. The van der Waals surface area contributed by atoms with Crippen LogP contribution < -0.4 is 5.32 Å². The van der Waals surface area contributed by atoms with Crippen molar-refractivity contribution in [2.45, 2.75) is 62.8 Å². The summed E-state index contributed by atoms with van der Waals surface area (Å²) in [5.41, 5.74) is 1.40. The number of hydrogen-bond donors (Lipinski definition) is 1. The standard InChI is InChI=1S/C17H26ClNS/c1-2-3-4-5-6-7-11-19-16-10-12-20-17-9-8-14(18)13-15(16)17/h8-9,13,16,19H,2-7,10-12H2,1H3. The van der Waals surface area contributed by atoms with Crippen LogP contribution in [0.5, 0.6) is 0 Å². The quantitative estimate of drug-likeness (QED) is 0.606. The molecule has 1 heterocycles. The minimum absolute atomic E-state index is 0.501. The van der Waals surface area contributed by atoms with Gasteiger partial charge in [0.25, 0.3) is 0 Å². The molecule has 0 fully saturated rings. The number of nitrogens with one attached hydrogen (secondary N) is 1. The van der Waals surface area contributed by atoms with Crippen molar-refractivity contribution < 1.29 is 0 Å². The second-order valence-corrected chi connectivity index (χ2v) is 7.17. The molecule has 1 aromatic carbocycles. The van der Waals surface area contributed by atoms with Crippen LogP contribution in [0.2, 0.25) is 5.02 Å². The SMILES string of the molecule is CCCCCCCCNC1CCSc2ccc(Cl)cc21. The lowest BCUT2D eigenvalue weighted by molar-refractivity contribution is 0.487. The van der Waals surface area contributed by atoms with Crippen molar-refractivity contribution in [3.63, 3.8) is 0 Å². The second kappa shape index (κ2) is 8.96. The first-order chi connectivity index (χ1) is 9.81. The minimum atomic E-state index is 0.501. The molecule has 1 aliphatic rings. The molecule has 20 heavy (non-hydrogen) atoms. The highest BCUT2D eigenvalue weighted by Gasteiger charge is 2.20. The Morgan fingerprint density at radius 1 is 1.20 bits per heavy atom. The van der Waals surface area contributed by atoms with Crippen LogP contribution in [-0.4, -0.2) is 12.3 Å². The number of unbranched alkanes of at least 4 members (excludes halogenated alkanes) is 5. The van der Waals surface area contributed by atoms with E-state index in [-0.39, 0.29) is 0 Å². The fraction of sp³-hybridized carbons (Fsp3) is 0.647. The van der Waals surface area contributed by atoms with Gasteiger partial charge in [-0.2, -0.15) is 0 Å². The molecule has 0 aromatic heterocycles. The summed E-state index contributed by atoms with van der Waals surface area (Å²) in [6, 6.07) is 6.81. The maximum absolute atomic E-state index is 6.14. The van der Waals surface area contributed by atoms with Gasteiger partial charge in [-0.05, 0) is 48.9 Å². The van der Waals surface area contributed by atoms with Crippen LogP contribution in [0.1, 0.15) is 63.5 Å². The second-order valence-electron chi connectivity index (χ2n) is 5.59. The van der Waals surface area contributed by atoms with E-state index in [1.165, 1.54) is 61.2 Å². The van der Waals surface area contributed by atoms with Gasteiger partial charge in [0.05, 0.1) is 0 Å². The number of hydrogen-bond acceptors (Lipinski definition) is 2. The van der Waals surface area contributed by atoms with Crippen LogP contribution in [0.15, 0.2) is 23.1 Å². The predicted molar refractivity (Wildman–Crippen MR) is 90.9 cm³/mol. The van der Waals surface area contributed by atoms with Gasteiger partial charge in [0.15, 0.2) is 0 Å². The van der Waals surface area contributed by atoms with Crippen LogP contribution >= 0.6 is 23.4 Å². The molecule has 1 N–H and O–H groups in total. The Hall–Kier alpha value is -0.180. The predicted octanol–water partition coefficient (Wildman–Crippen LogP) is 5.83. The molecule has 0 saturated heterocycles. The molecule has 3 heteroatoms. The Balaban J connectivity index is 1.73. The van der Waals surface area contributed by atoms with E-state index in [1.54, 1.807) is 0 Å². The summed E-state index contributed by atoms with van der Waals surface area (Å²) in [5.74, 6) is 1.21. The average Bonchev–Trinajstić information content (AvgIpc) is 2.46. The topological polar surface area (TPSA) is 12.0 Å². The molecule has 0 radical (unpaired) electrons. The van der Waals surface area contributed by atoms with Gasteiger partial charge in [0.2, 0.25) is 0 Å². The number of halogens is 1. The van der Waals surface area contributed by atoms with Crippen molar-refractivity contribution in [2.75, 3.05) is 12.3 Å². The molecular weight excluding hydrogens is 286 g/mol. The zero-order valence-electron chi connectivity index (χ0n) is 12.5. The summed E-state index contributed by atoms with van der Waals surface area (Å²) in [6.07, 6.45) is 9.37. The molecule has 1 aliphatic heterocycles. The molecule has 1 atom stereocenters. The van der Waals surface area contributed by atoms with Crippen LogP contribution in [0.25, 0.3) is 0 Å². The van der Waals surface area contributed by atoms with Crippen LogP contribution in [0.4, 0.5) is 0 Å². The Morgan fingerprint density at radius 3 is 2.85 bits per heavy atom. The van der Waals surface area contributed by atoms with E-state index in [2.05, 4.69) is 24.4 Å². The Bertz CT molecular complexity index is 408. The van der Waals surface area contributed by atoms with E-state index < -0.39 is 0 Å². The van der Waals surface area contributed by atoms with Gasteiger partial charge in [0.1, 0.15) is 0 Å². The fourth-order valence-corrected chi connectivity index (χ4v) is 4.05. The third-order valence-corrected chi connectivity index (χ3v) is 5.29. The van der Waals surface area contributed by atoms with Crippen molar-refractivity contribution in [3.05, 3.63) is 28.8 Å². The lowest BCUT2D eigenvalue weighted by Crippen LogP contribution is -2.25. The van der Waals surface area contributed by atoms with E-state index in [0.717, 1.165) is 11.6 Å². The number of fused-ring (bicyclic) bond motifs is 1. The molecule has 1 unspecified atom stereocenters. The summed E-state index contributed by atoms with van der Waals surface area (Å²) in [6.45, 7) is 3.40. The van der Waals surface area contributed by atoms with Crippen LogP contribution in [0, 0.1) is 0 Å². The van der Waals surface area contributed by atoms with Gasteiger partial charge in [-0.3, -0.25) is 0 Å². The lowest BCUT2D eigenvalue weighted by atomic mass is 10.0. The molecule has 112 valence electrons. The highest BCUT2D eigenvalue weighted by molar-refractivity contribution is 7.99. The van der Waals surface area contributed by atoms with E-state index in [4.69, 9.17) is 11.6 Å². The fourth-order valence-electron chi connectivity index (χ4n) is 2.76. The average molecular weight is 312 g/mol. The summed E-state index contributed by atoms with van der Waals surface area (Å²) in [5, 5.41) is 4.58. The zero-order chi connectivity index (χ0) is 14.2. The van der Waals surface area contributed by atoms with Gasteiger partial charge < -0.3 is 5.32 Å². The summed E-state index contributed by atoms with van der Waals surface area (Å²) >= 11 is 8.09. The van der Waals surface area contributed by atoms with Crippen LogP contribution in [0.3, 0.4) is 0 Å². The van der Waals surface area contributed by atoms with Crippen molar-refractivity contribution in [3.8, 4) is 0 Å². The molecule has 2 rings (SSSR count). The lowest BCUT2D eigenvalue weighted by Gasteiger charge is -2.26. The monoisotopic (exact) mass is 311 g/mol. The van der Waals surface area contributed by atoms with E-state index >= 15 is 0 Å². The van der Waals surface area contributed by atoms with Gasteiger partial charge in [-0.1, -0.05) is 50.6 Å². The highest BCUT2D eigenvalue weighted by Crippen LogP contribution is 2.37. The van der Waals surface area contributed by atoms with Crippen LogP contribution in [-0.2, 0) is 0 Å². The molecular formula is C17H26ClNS. The van der Waals surface area contributed by atoms with Gasteiger partial charge >= 0.3 is 0 Å². The zero-order valence-corrected chi connectivity index (χ0v) is 14.0. The third-order valence-electron chi connectivity index (χ3n) is 3.93. The minimum Gasteiger partial charge on any atom is -0.310 e. The van der Waals surface area contributed by atoms with Crippen molar-refractivity contribution in [2.24, 2.45) is 0 Å². The Labute approximate surface area is 132 Å². The van der Waals surface area contributed by atoms with E-state index in [0.29, 0.717) is 6.04 Å². The van der Waals surface area contributed by atoms with E-state index in [1.807, 2.05) is 17.8 Å². The van der Waals surface area contributed by atoms with Gasteiger partial charge in [-0.15, -0.1) is 11.8 Å². The van der Waals surface area contributed by atoms with Crippen molar-refractivity contribution >= 4 is 23.4 Å². The largest absolute Gasteiger partial charge is 0.310 e. The van der Waals surface area contributed by atoms with Crippen molar-refractivity contribution in [1.29, 1.82) is 0 Å². The Kier molecular flexibility index (Phi) is 7.26. The first-order valence-corrected chi connectivity index (χ1v) is 9.33. The molecule has 1 aromatic rings. The molecule has 0 bridgehead atoms. The molecule has 0 aliphatic carbocycles. The molecule has 0 spiro atoms.